The first-order valence-electron chi connectivity index (χ1n) is 11.0. The van der Waals surface area contributed by atoms with Crippen molar-refractivity contribution in [1.82, 2.24) is 5.32 Å². The summed E-state index contributed by atoms with van der Waals surface area (Å²) in [7, 11) is 1.55. The number of hydrogen-bond acceptors (Lipinski definition) is 7. The maximum Gasteiger partial charge on any atom is 0.326 e. The number of nitrogens with one attached hydrogen (secondary N) is 1. The Hall–Kier alpha value is -4.79. The van der Waals surface area contributed by atoms with Crippen LogP contribution in [0.15, 0.2) is 72.5 Å². The number of ketones is 1. The smallest absolute Gasteiger partial charge is 0.326 e. The summed E-state index contributed by atoms with van der Waals surface area (Å²) in [5, 5.41) is 21.2. The largest absolute Gasteiger partial charge is 0.508 e. The number of phenolic OH excluding ortho intramolecular Hbond substituents is 1. The first-order valence-corrected chi connectivity index (χ1v) is 11.0. The molecule has 36 heavy (non-hydrogen) atoms. The zero-order valence-corrected chi connectivity index (χ0v) is 19.3. The van der Waals surface area contributed by atoms with E-state index < -0.39 is 24.5 Å². The molecule has 0 saturated heterocycles. The highest BCUT2D eigenvalue weighted by atomic mass is 16.5. The summed E-state index contributed by atoms with van der Waals surface area (Å²) in [5.41, 5.74) is 1.74. The van der Waals surface area contributed by atoms with Gasteiger partial charge in [-0.2, -0.15) is 0 Å². The van der Waals surface area contributed by atoms with E-state index in [-0.39, 0.29) is 29.5 Å². The number of carboxylic acids is 1. The highest BCUT2D eigenvalue weighted by molar-refractivity contribution is 6.14. The van der Waals surface area contributed by atoms with Crippen LogP contribution in [-0.2, 0) is 16.0 Å². The van der Waals surface area contributed by atoms with E-state index in [0.29, 0.717) is 22.6 Å². The standard InChI is InChI=1S/C27H23NO8/c1-34-19-4-2-3-17(11-19)13-24-26(31)21-10-9-20(14-23(21)36-24)35-15-25(30)28-22(27(32)33)12-16-5-7-18(29)8-6-16/h2-11,13-14,22,29H,12,15H2,1H3,(H,28,30)(H,32,33). The third kappa shape index (κ3) is 5.82. The number of rotatable bonds is 9. The molecule has 9 nitrogen and oxygen atoms in total. The monoisotopic (exact) mass is 489 g/mol. The SMILES string of the molecule is COc1cccc(C=C2Oc3cc(OCC(=O)NC(Cc4ccc(O)cc4)C(=O)O)ccc3C2=O)c1. The van der Waals surface area contributed by atoms with Crippen molar-refractivity contribution in [2.24, 2.45) is 0 Å². The summed E-state index contributed by atoms with van der Waals surface area (Å²) in [6.07, 6.45) is 1.65. The van der Waals surface area contributed by atoms with Gasteiger partial charge in [0.15, 0.2) is 12.4 Å². The van der Waals surface area contributed by atoms with Gasteiger partial charge in [-0.1, -0.05) is 24.3 Å². The van der Waals surface area contributed by atoms with Crippen LogP contribution in [0.1, 0.15) is 21.5 Å². The average Bonchev–Trinajstić information content (AvgIpc) is 3.17. The van der Waals surface area contributed by atoms with Crippen LogP contribution in [0.4, 0.5) is 0 Å². The molecule has 0 aromatic heterocycles. The summed E-state index contributed by atoms with van der Waals surface area (Å²) in [6, 6.07) is 16.6. The molecule has 0 fully saturated rings. The minimum atomic E-state index is -1.20. The van der Waals surface area contributed by atoms with Gasteiger partial charge in [-0.15, -0.1) is 0 Å². The molecule has 1 atom stereocenters. The molecule has 0 radical (unpaired) electrons. The van der Waals surface area contributed by atoms with E-state index in [1.807, 2.05) is 6.07 Å². The molecule has 4 rings (SSSR count). The number of amides is 1. The molecule has 0 bridgehead atoms. The summed E-state index contributed by atoms with van der Waals surface area (Å²) in [4.78, 5) is 36.6. The fourth-order valence-electron chi connectivity index (χ4n) is 3.59. The van der Waals surface area contributed by atoms with Gasteiger partial charge in [0.1, 0.15) is 29.0 Å². The number of fused-ring (bicyclic) bond motifs is 1. The highest BCUT2D eigenvalue weighted by Gasteiger charge is 2.28. The van der Waals surface area contributed by atoms with Crippen LogP contribution in [0.2, 0.25) is 0 Å². The number of aromatic hydroxyl groups is 1. The zero-order valence-electron chi connectivity index (χ0n) is 19.3. The van der Waals surface area contributed by atoms with Gasteiger partial charge in [0.2, 0.25) is 5.78 Å². The Labute approximate surface area is 206 Å². The van der Waals surface area contributed by atoms with Gasteiger partial charge in [-0.05, 0) is 53.6 Å². The van der Waals surface area contributed by atoms with Crippen molar-refractivity contribution in [2.75, 3.05) is 13.7 Å². The summed E-state index contributed by atoms with van der Waals surface area (Å²) in [5.74, 6) is -0.677. The topological polar surface area (TPSA) is 131 Å². The molecule has 1 aliphatic heterocycles. The van der Waals surface area contributed by atoms with Crippen molar-refractivity contribution >= 4 is 23.7 Å². The molecule has 1 unspecified atom stereocenters. The number of Topliss-reactive ketones (excluding diaryl/α,β-unsaturated/α-hetero) is 1. The Morgan fingerprint density at radius 1 is 1.06 bits per heavy atom. The third-order valence-electron chi connectivity index (χ3n) is 5.41. The number of carbonyl (C=O) groups excluding carboxylic acids is 2. The van der Waals surface area contributed by atoms with Gasteiger partial charge in [0.05, 0.1) is 12.7 Å². The Balaban J connectivity index is 1.37. The lowest BCUT2D eigenvalue weighted by atomic mass is 10.1. The summed E-state index contributed by atoms with van der Waals surface area (Å²) < 4.78 is 16.4. The van der Waals surface area contributed by atoms with Crippen molar-refractivity contribution in [1.29, 1.82) is 0 Å². The number of ether oxygens (including phenoxy) is 3. The second kappa shape index (κ2) is 10.6. The van der Waals surface area contributed by atoms with Crippen LogP contribution in [0.25, 0.3) is 6.08 Å². The van der Waals surface area contributed by atoms with Gasteiger partial charge < -0.3 is 29.7 Å². The van der Waals surface area contributed by atoms with Crippen LogP contribution in [0, 0.1) is 0 Å². The molecule has 1 amide bonds. The maximum absolute atomic E-state index is 12.7. The fraction of sp³-hybridized carbons (Fsp3) is 0.148. The number of carbonyl (C=O) groups is 3. The van der Waals surface area contributed by atoms with E-state index in [0.717, 1.165) is 5.56 Å². The fourth-order valence-corrected chi connectivity index (χ4v) is 3.59. The lowest BCUT2D eigenvalue weighted by molar-refractivity contribution is -0.142. The minimum absolute atomic E-state index is 0.0402. The number of allylic oxidation sites excluding steroid dienone is 1. The number of phenols is 1. The van der Waals surface area contributed by atoms with Crippen LogP contribution < -0.4 is 19.5 Å². The number of hydrogen-bond donors (Lipinski definition) is 3. The Morgan fingerprint density at radius 3 is 2.56 bits per heavy atom. The number of benzene rings is 3. The predicted molar refractivity (Wildman–Crippen MR) is 129 cm³/mol. The minimum Gasteiger partial charge on any atom is -0.508 e. The highest BCUT2D eigenvalue weighted by Crippen LogP contribution is 2.35. The van der Waals surface area contributed by atoms with E-state index in [4.69, 9.17) is 14.2 Å². The molecule has 3 aromatic carbocycles. The van der Waals surface area contributed by atoms with Crippen LogP contribution >= 0.6 is 0 Å². The molecular formula is C27H23NO8. The van der Waals surface area contributed by atoms with Gasteiger partial charge in [0.25, 0.3) is 5.91 Å². The Kier molecular flexibility index (Phi) is 7.20. The molecule has 0 saturated carbocycles. The van der Waals surface area contributed by atoms with E-state index in [2.05, 4.69) is 5.32 Å². The molecule has 0 spiro atoms. The predicted octanol–water partition coefficient (Wildman–Crippen LogP) is 3.21. The Morgan fingerprint density at radius 2 is 1.83 bits per heavy atom. The average molecular weight is 489 g/mol. The molecule has 1 heterocycles. The van der Waals surface area contributed by atoms with Crippen molar-refractivity contribution in [3.05, 3.63) is 89.2 Å². The van der Waals surface area contributed by atoms with Crippen LogP contribution in [0.3, 0.4) is 0 Å². The molecule has 1 aliphatic rings. The van der Waals surface area contributed by atoms with Crippen LogP contribution in [0.5, 0.6) is 23.0 Å². The van der Waals surface area contributed by atoms with Gasteiger partial charge in [0, 0.05) is 12.5 Å². The van der Waals surface area contributed by atoms with E-state index >= 15 is 0 Å². The maximum atomic E-state index is 12.7. The molecule has 3 N–H and O–H groups in total. The molecule has 3 aromatic rings. The van der Waals surface area contributed by atoms with Crippen molar-refractivity contribution in [3.63, 3.8) is 0 Å². The van der Waals surface area contributed by atoms with Crippen molar-refractivity contribution < 1.29 is 38.8 Å². The van der Waals surface area contributed by atoms with E-state index in [1.165, 1.54) is 24.3 Å². The summed E-state index contributed by atoms with van der Waals surface area (Å²) in [6.45, 7) is -0.432. The van der Waals surface area contributed by atoms with E-state index in [1.54, 1.807) is 49.6 Å². The number of aliphatic carboxylic acids is 1. The molecule has 9 heteroatoms. The van der Waals surface area contributed by atoms with Gasteiger partial charge in [-0.3, -0.25) is 9.59 Å². The Bertz CT molecular complexity index is 1330. The number of methoxy groups -OCH3 is 1. The third-order valence-corrected chi connectivity index (χ3v) is 5.41. The van der Waals surface area contributed by atoms with Crippen LogP contribution in [-0.4, -0.2) is 47.6 Å². The van der Waals surface area contributed by atoms with E-state index in [9.17, 15) is 24.6 Å². The lowest BCUT2D eigenvalue weighted by Crippen LogP contribution is -2.44. The van der Waals surface area contributed by atoms with Crippen molar-refractivity contribution in [2.45, 2.75) is 12.5 Å². The first-order chi connectivity index (χ1) is 17.3. The molecule has 0 aliphatic carbocycles. The lowest BCUT2D eigenvalue weighted by Gasteiger charge is -2.15. The second-order valence-electron chi connectivity index (χ2n) is 7.99. The normalized spacial score (nSPS) is 14.0. The quantitative estimate of drug-likeness (QED) is 0.391. The molecule has 184 valence electrons. The first kappa shape index (κ1) is 24.3. The van der Waals surface area contributed by atoms with Crippen molar-refractivity contribution in [3.8, 4) is 23.0 Å². The van der Waals surface area contributed by atoms with Gasteiger partial charge >= 0.3 is 5.97 Å². The summed E-state index contributed by atoms with van der Waals surface area (Å²) >= 11 is 0. The molecular weight excluding hydrogens is 466 g/mol. The number of carboxylic acid groups (broad SMARTS) is 1. The second-order valence-corrected chi connectivity index (χ2v) is 7.99. The van der Waals surface area contributed by atoms with Gasteiger partial charge in [-0.25, -0.2) is 4.79 Å². The zero-order chi connectivity index (χ0) is 25.7.